The van der Waals surface area contributed by atoms with Crippen molar-refractivity contribution in [1.29, 1.82) is 0 Å². The van der Waals surface area contributed by atoms with Crippen LogP contribution >= 0.6 is 11.8 Å². The number of hydrogen-bond acceptors (Lipinski definition) is 3. The molecule has 0 spiro atoms. The summed E-state index contributed by atoms with van der Waals surface area (Å²) in [6.07, 6.45) is 0. The highest BCUT2D eigenvalue weighted by Crippen LogP contribution is 2.36. The summed E-state index contributed by atoms with van der Waals surface area (Å²) in [6.45, 7) is 1.91. The molecule has 0 fully saturated rings. The largest absolute Gasteiger partial charge is 0.388 e. The molecule has 2 rings (SSSR count). The van der Waals surface area contributed by atoms with Gasteiger partial charge < -0.3 is 10.6 Å². The molecule has 1 aromatic rings. The number of hydrogen-bond donors (Lipinski definition) is 2. The lowest BCUT2D eigenvalue weighted by atomic mass is 10.2. The first-order valence-electron chi connectivity index (χ1n) is 4.50. The van der Waals surface area contributed by atoms with E-state index in [0.717, 1.165) is 16.3 Å². The van der Waals surface area contributed by atoms with Crippen LogP contribution in [0.15, 0.2) is 23.1 Å². The Balaban J connectivity index is 2.37. The monoisotopic (exact) mass is 208 g/mol. The molecular weight excluding hydrogens is 196 g/mol. The van der Waals surface area contributed by atoms with E-state index in [1.807, 2.05) is 26.1 Å². The number of carbonyl (C=O) groups is 1. The van der Waals surface area contributed by atoms with Crippen LogP contribution in [-0.2, 0) is 4.79 Å². The van der Waals surface area contributed by atoms with Crippen LogP contribution in [0, 0.1) is 0 Å². The molecule has 1 amide bonds. The number of fused-ring (bicyclic) bond motifs is 1. The number of nitrogens with one attached hydrogen (secondary N) is 2. The Morgan fingerprint density at radius 1 is 1.50 bits per heavy atom. The second kappa shape index (κ2) is 3.53. The zero-order valence-electron chi connectivity index (χ0n) is 8.13. The van der Waals surface area contributed by atoms with Gasteiger partial charge in [-0.15, -0.1) is 11.8 Å². The minimum atomic E-state index is -0.00499. The highest BCUT2D eigenvalue weighted by molar-refractivity contribution is 8.01. The van der Waals surface area contributed by atoms with Crippen molar-refractivity contribution in [2.45, 2.75) is 17.1 Å². The average molecular weight is 208 g/mol. The number of anilines is 2. The van der Waals surface area contributed by atoms with Gasteiger partial charge in [0.05, 0.1) is 10.9 Å². The van der Waals surface area contributed by atoms with Crippen LogP contribution in [0.2, 0.25) is 0 Å². The maximum Gasteiger partial charge on any atom is 0.237 e. The Morgan fingerprint density at radius 2 is 2.29 bits per heavy atom. The Hall–Kier alpha value is -1.16. The summed E-state index contributed by atoms with van der Waals surface area (Å²) in [6, 6.07) is 5.93. The molecule has 1 aliphatic heterocycles. The van der Waals surface area contributed by atoms with Crippen molar-refractivity contribution in [3.8, 4) is 0 Å². The second-order valence-electron chi connectivity index (χ2n) is 3.21. The zero-order valence-corrected chi connectivity index (χ0v) is 8.94. The molecule has 0 bridgehead atoms. The molecule has 0 radical (unpaired) electrons. The average Bonchev–Trinajstić information content (AvgIpc) is 2.19. The van der Waals surface area contributed by atoms with E-state index >= 15 is 0 Å². The van der Waals surface area contributed by atoms with Crippen LogP contribution in [0.5, 0.6) is 0 Å². The third-order valence-electron chi connectivity index (χ3n) is 2.20. The Morgan fingerprint density at radius 3 is 3.00 bits per heavy atom. The highest BCUT2D eigenvalue weighted by Gasteiger charge is 2.22. The summed E-state index contributed by atoms with van der Waals surface area (Å²) in [5, 5.41) is 5.95. The van der Waals surface area contributed by atoms with Crippen LogP contribution in [0.4, 0.5) is 11.4 Å². The van der Waals surface area contributed by atoms with E-state index in [2.05, 4.69) is 16.7 Å². The SMILES string of the molecule is CNc1ccc2c(c1)SC(C)C(=O)N2. The van der Waals surface area contributed by atoms with Gasteiger partial charge in [-0.3, -0.25) is 4.79 Å². The van der Waals surface area contributed by atoms with E-state index in [4.69, 9.17) is 0 Å². The summed E-state index contributed by atoms with van der Waals surface area (Å²) in [4.78, 5) is 12.5. The van der Waals surface area contributed by atoms with E-state index in [0.29, 0.717) is 0 Å². The standard InChI is InChI=1S/C10H12N2OS/c1-6-10(13)12-8-4-3-7(11-2)5-9(8)14-6/h3-6,11H,1-2H3,(H,12,13). The molecule has 4 heteroatoms. The fourth-order valence-electron chi connectivity index (χ4n) is 1.36. The summed E-state index contributed by atoms with van der Waals surface area (Å²) >= 11 is 1.60. The van der Waals surface area contributed by atoms with Crippen LogP contribution in [-0.4, -0.2) is 18.2 Å². The first-order valence-corrected chi connectivity index (χ1v) is 5.38. The van der Waals surface area contributed by atoms with Crippen molar-refractivity contribution in [3.05, 3.63) is 18.2 Å². The summed E-state index contributed by atoms with van der Waals surface area (Å²) in [5.41, 5.74) is 1.98. The molecule has 1 atom stereocenters. The molecule has 1 heterocycles. The van der Waals surface area contributed by atoms with E-state index in [1.54, 1.807) is 11.8 Å². The molecule has 3 nitrogen and oxygen atoms in total. The van der Waals surface area contributed by atoms with Gasteiger partial charge in [0.25, 0.3) is 0 Å². The molecule has 1 unspecified atom stereocenters. The fraction of sp³-hybridized carbons (Fsp3) is 0.300. The van der Waals surface area contributed by atoms with Gasteiger partial charge in [-0.05, 0) is 25.1 Å². The number of benzene rings is 1. The maximum absolute atomic E-state index is 11.4. The van der Waals surface area contributed by atoms with Gasteiger partial charge in [-0.25, -0.2) is 0 Å². The number of thioether (sulfide) groups is 1. The third kappa shape index (κ3) is 1.57. The highest BCUT2D eigenvalue weighted by atomic mass is 32.2. The first-order chi connectivity index (χ1) is 6.70. The van der Waals surface area contributed by atoms with Gasteiger partial charge in [-0.2, -0.15) is 0 Å². The van der Waals surface area contributed by atoms with Gasteiger partial charge in [-0.1, -0.05) is 0 Å². The van der Waals surface area contributed by atoms with Gasteiger partial charge in [0, 0.05) is 17.6 Å². The minimum Gasteiger partial charge on any atom is -0.388 e. The Bertz CT molecular complexity index is 378. The number of carbonyl (C=O) groups excluding carboxylic acids is 1. The quantitative estimate of drug-likeness (QED) is 0.743. The van der Waals surface area contributed by atoms with Gasteiger partial charge in [0.2, 0.25) is 5.91 Å². The van der Waals surface area contributed by atoms with Crippen LogP contribution in [0.25, 0.3) is 0 Å². The molecule has 0 saturated heterocycles. The lowest BCUT2D eigenvalue weighted by Crippen LogP contribution is -2.26. The Kier molecular flexibility index (Phi) is 2.37. The molecule has 1 aromatic carbocycles. The van der Waals surface area contributed by atoms with Crippen molar-refractivity contribution >= 4 is 29.0 Å². The first kappa shape index (κ1) is 9.40. The lowest BCUT2D eigenvalue weighted by Gasteiger charge is -2.21. The van der Waals surface area contributed by atoms with Crippen molar-refractivity contribution < 1.29 is 4.79 Å². The van der Waals surface area contributed by atoms with Gasteiger partial charge >= 0.3 is 0 Å². The van der Waals surface area contributed by atoms with Gasteiger partial charge in [0.1, 0.15) is 0 Å². The predicted octanol–water partition coefficient (Wildman–Crippen LogP) is 2.16. The Labute approximate surface area is 87.3 Å². The molecule has 0 aliphatic carbocycles. The van der Waals surface area contributed by atoms with Gasteiger partial charge in [0.15, 0.2) is 0 Å². The normalized spacial score (nSPS) is 19.9. The van der Waals surface area contributed by atoms with Crippen molar-refractivity contribution in [2.24, 2.45) is 0 Å². The summed E-state index contributed by atoms with van der Waals surface area (Å²) < 4.78 is 0. The maximum atomic E-state index is 11.4. The molecular formula is C10H12N2OS. The summed E-state index contributed by atoms with van der Waals surface area (Å²) in [5.74, 6) is 0.0831. The molecule has 0 aromatic heterocycles. The molecule has 74 valence electrons. The number of rotatable bonds is 1. The van der Waals surface area contributed by atoms with E-state index < -0.39 is 0 Å². The topological polar surface area (TPSA) is 41.1 Å². The van der Waals surface area contributed by atoms with Crippen molar-refractivity contribution in [1.82, 2.24) is 0 Å². The molecule has 1 aliphatic rings. The van der Waals surface area contributed by atoms with Crippen LogP contribution < -0.4 is 10.6 Å². The van der Waals surface area contributed by atoms with Crippen LogP contribution in [0.3, 0.4) is 0 Å². The van der Waals surface area contributed by atoms with Crippen molar-refractivity contribution in [2.75, 3.05) is 17.7 Å². The van der Waals surface area contributed by atoms with Crippen molar-refractivity contribution in [3.63, 3.8) is 0 Å². The third-order valence-corrected chi connectivity index (χ3v) is 3.36. The zero-order chi connectivity index (χ0) is 10.1. The predicted molar refractivity (Wildman–Crippen MR) is 59.9 cm³/mol. The second-order valence-corrected chi connectivity index (χ2v) is 4.59. The number of amides is 1. The molecule has 0 saturated carbocycles. The molecule has 2 N–H and O–H groups in total. The fourth-order valence-corrected chi connectivity index (χ4v) is 2.34. The molecule has 14 heavy (non-hydrogen) atoms. The smallest absolute Gasteiger partial charge is 0.237 e. The minimum absolute atomic E-state index is 0.00499. The lowest BCUT2D eigenvalue weighted by molar-refractivity contribution is -0.115. The van der Waals surface area contributed by atoms with E-state index in [1.165, 1.54) is 0 Å². The van der Waals surface area contributed by atoms with E-state index in [9.17, 15) is 4.79 Å². The van der Waals surface area contributed by atoms with Crippen LogP contribution in [0.1, 0.15) is 6.92 Å². The van der Waals surface area contributed by atoms with E-state index in [-0.39, 0.29) is 11.2 Å². The summed E-state index contributed by atoms with van der Waals surface area (Å²) in [7, 11) is 1.89.